The zero-order chi connectivity index (χ0) is 18.9. The number of anilines is 1. The quantitative estimate of drug-likeness (QED) is 0.707. The third-order valence-corrected chi connectivity index (χ3v) is 5.24. The van der Waals surface area contributed by atoms with Gasteiger partial charge in [0.05, 0.1) is 11.4 Å². The van der Waals surface area contributed by atoms with E-state index in [1.807, 2.05) is 32.0 Å². The van der Waals surface area contributed by atoms with Gasteiger partial charge in [-0.05, 0) is 50.4 Å². The average Bonchev–Trinajstić information content (AvgIpc) is 3.15. The van der Waals surface area contributed by atoms with Crippen molar-refractivity contribution >= 4 is 28.8 Å². The maximum Gasteiger partial charge on any atom is 0.279 e. The van der Waals surface area contributed by atoms with E-state index < -0.39 is 0 Å². The number of likely N-dealkylation sites (N-methyl/N-ethyl adjacent to an activating group) is 1. The maximum atomic E-state index is 12.5. The molecule has 1 unspecified atom stereocenters. The van der Waals surface area contributed by atoms with Crippen molar-refractivity contribution in [3.05, 3.63) is 52.2 Å². The molecule has 0 radical (unpaired) electrons. The summed E-state index contributed by atoms with van der Waals surface area (Å²) < 4.78 is 0. The zero-order valence-corrected chi connectivity index (χ0v) is 16.6. The van der Waals surface area contributed by atoms with Crippen molar-refractivity contribution in [2.45, 2.75) is 27.3 Å². The molecule has 0 aliphatic heterocycles. The number of carbonyl (C=O) groups is 2. The molecule has 26 heavy (non-hydrogen) atoms. The summed E-state index contributed by atoms with van der Waals surface area (Å²) in [6.45, 7) is 9.48. The Morgan fingerprint density at radius 3 is 2.50 bits per heavy atom. The van der Waals surface area contributed by atoms with Crippen LogP contribution in [0.5, 0.6) is 0 Å². The maximum absolute atomic E-state index is 12.5. The first-order valence-corrected chi connectivity index (χ1v) is 10.00. The van der Waals surface area contributed by atoms with E-state index in [4.69, 9.17) is 0 Å². The van der Waals surface area contributed by atoms with Gasteiger partial charge in [0.25, 0.3) is 11.8 Å². The van der Waals surface area contributed by atoms with Crippen LogP contribution in [0.25, 0.3) is 0 Å². The minimum absolute atomic E-state index is 0.00963. The SMILES string of the molecule is CCN(CC)C(=O)c1cccc(NC(=O)C[NH+](CC)Cc2cccs2)c1. The molecular weight excluding hydrogens is 346 g/mol. The Morgan fingerprint density at radius 2 is 1.88 bits per heavy atom. The number of thiophene rings is 1. The molecule has 0 spiro atoms. The molecule has 0 aliphatic rings. The molecule has 1 heterocycles. The highest BCUT2D eigenvalue weighted by atomic mass is 32.1. The van der Waals surface area contributed by atoms with Crippen molar-refractivity contribution in [3.8, 4) is 0 Å². The summed E-state index contributed by atoms with van der Waals surface area (Å²) in [5.74, 6) is -0.0459. The molecule has 1 atom stereocenters. The first kappa shape index (κ1) is 20.1. The van der Waals surface area contributed by atoms with Gasteiger partial charge in [-0.25, -0.2) is 0 Å². The predicted molar refractivity (Wildman–Crippen MR) is 107 cm³/mol. The van der Waals surface area contributed by atoms with E-state index in [0.29, 0.717) is 30.9 Å². The van der Waals surface area contributed by atoms with Crippen LogP contribution in [0, 0.1) is 0 Å². The second-order valence-electron chi connectivity index (χ2n) is 6.14. The topological polar surface area (TPSA) is 53.9 Å². The number of nitrogens with zero attached hydrogens (tertiary/aromatic N) is 1. The first-order valence-electron chi connectivity index (χ1n) is 9.12. The number of quaternary nitrogens is 1. The van der Waals surface area contributed by atoms with Crippen LogP contribution < -0.4 is 10.2 Å². The van der Waals surface area contributed by atoms with Gasteiger partial charge in [0.1, 0.15) is 6.54 Å². The molecule has 0 fully saturated rings. The number of amides is 2. The fourth-order valence-corrected chi connectivity index (χ4v) is 3.60. The largest absolute Gasteiger partial charge is 0.339 e. The second-order valence-corrected chi connectivity index (χ2v) is 7.18. The monoisotopic (exact) mass is 374 g/mol. The van der Waals surface area contributed by atoms with Gasteiger partial charge in [-0.2, -0.15) is 0 Å². The standard InChI is InChI=1S/C20H27N3O2S/c1-4-22(14-18-11-8-12-26-18)15-19(24)21-17-10-7-9-16(13-17)20(25)23(5-2)6-3/h7-13H,4-6,14-15H2,1-3H3,(H,21,24)/p+1. The number of hydrogen-bond acceptors (Lipinski definition) is 3. The summed E-state index contributed by atoms with van der Waals surface area (Å²) in [5.41, 5.74) is 1.27. The number of carbonyl (C=O) groups excluding carboxylic acids is 2. The Bertz CT molecular complexity index is 712. The highest BCUT2D eigenvalue weighted by Gasteiger charge is 2.16. The number of rotatable bonds is 9. The van der Waals surface area contributed by atoms with Gasteiger partial charge in [0.2, 0.25) is 0 Å². The van der Waals surface area contributed by atoms with Gasteiger partial charge in [-0.15, -0.1) is 11.3 Å². The van der Waals surface area contributed by atoms with Gasteiger partial charge in [-0.3, -0.25) is 9.59 Å². The average molecular weight is 375 g/mol. The predicted octanol–water partition coefficient (Wildman–Crippen LogP) is 2.27. The molecule has 0 saturated carbocycles. The first-order chi connectivity index (χ1) is 12.6. The van der Waals surface area contributed by atoms with Gasteiger partial charge in [-0.1, -0.05) is 12.1 Å². The normalized spacial score (nSPS) is 11.8. The second kappa shape index (κ2) is 10.1. The van der Waals surface area contributed by atoms with Crippen LogP contribution in [0.15, 0.2) is 41.8 Å². The molecule has 0 aliphatic carbocycles. The van der Waals surface area contributed by atoms with Crippen LogP contribution in [0.4, 0.5) is 5.69 Å². The molecule has 0 bridgehead atoms. The Balaban J connectivity index is 1.97. The summed E-state index contributed by atoms with van der Waals surface area (Å²) in [4.78, 5) is 29.1. The molecule has 140 valence electrons. The van der Waals surface area contributed by atoms with Crippen LogP contribution in [-0.2, 0) is 11.3 Å². The van der Waals surface area contributed by atoms with Crippen LogP contribution in [0.3, 0.4) is 0 Å². The van der Waals surface area contributed by atoms with E-state index in [2.05, 4.69) is 23.7 Å². The lowest BCUT2D eigenvalue weighted by atomic mass is 10.1. The lowest BCUT2D eigenvalue weighted by molar-refractivity contribution is -0.903. The van der Waals surface area contributed by atoms with Gasteiger partial charge < -0.3 is 15.1 Å². The van der Waals surface area contributed by atoms with E-state index in [9.17, 15) is 9.59 Å². The minimum atomic E-state index is -0.0363. The van der Waals surface area contributed by atoms with Crippen molar-refractivity contribution in [1.82, 2.24) is 4.90 Å². The summed E-state index contributed by atoms with van der Waals surface area (Å²) in [7, 11) is 0. The fraction of sp³-hybridized carbons (Fsp3) is 0.400. The summed E-state index contributed by atoms with van der Waals surface area (Å²) in [6, 6.07) is 11.3. The van der Waals surface area contributed by atoms with E-state index in [1.165, 1.54) is 9.78 Å². The Kier molecular flexibility index (Phi) is 7.81. The van der Waals surface area contributed by atoms with Gasteiger partial charge in [0.15, 0.2) is 6.54 Å². The van der Waals surface area contributed by atoms with Crippen molar-refractivity contribution in [3.63, 3.8) is 0 Å². The van der Waals surface area contributed by atoms with E-state index in [1.54, 1.807) is 28.4 Å². The highest BCUT2D eigenvalue weighted by Crippen LogP contribution is 2.13. The third-order valence-electron chi connectivity index (χ3n) is 4.36. The lowest BCUT2D eigenvalue weighted by Gasteiger charge is -2.19. The van der Waals surface area contributed by atoms with Gasteiger partial charge in [0, 0.05) is 24.3 Å². The smallest absolute Gasteiger partial charge is 0.279 e. The van der Waals surface area contributed by atoms with E-state index in [0.717, 1.165) is 13.1 Å². The number of hydrogen-bond donors (Lipinski definition) is 2. The van der Waals surface area contributed by atoms with Crippen LogP contribution in [-0.4, -0.2) is 42.9 Å². The van der Waals surface area contributed by atoms with Crippen molar-refractivity contribution in [1.29, 1.82) is 0 Å². The fourth-order valence-electron chi connectivity index (χ4n) is 2.83. The lowest BCUT2D eigenvalue weighted by Crippen LogP contribution is -3.11. The van der Waals surface area contributed by atoms with E-state index >= 15 is 0 Å². The van der Waals surface area contributed by atoms with Gasteiger partial charge >= 0.3 is 0 Å². The molecule has 2 rings (SSSR count). The summed E-state index contributed by atoms with van der Waals surface area (Å²) >= 11 is 1.72. The Hall–Kier alpha value is -2.18. The molecule has 5 nitrogen and oxygen atoms in total. The van der Waals surface area contributed by atoms with Crippen molar-refractivity contribution in [2.75, 3.05) is 31.5 Å². The number of nitrogens with one attached hydrogen (secondary N) is 2. The summed E-state index contributed by atoms with van der Waals surface area (Å²) in [5, 5.41) is 4.99. The Labute approximate surface area is 159 Å². The molecule has 2 N–H and O–H groups in total. The molecule has 6 heteroatoms. The van der Waals surface area contributed by atoms with Crippen molar-refractivity contribution < 1.29 is 14.5 Å². The van der Waals surface area contributed by atoms with Crippen molar-refractivity contribution in [2.24, 2.45) is 0 Å². The van der Waals surface area contributed by atoms with Crippen LogP contribution in [0.1, 0.15) is 36.0 Å². The van der Waals surface area contributed by atoms with Crippen LogP contribution >= 0.6 is 11.3 Å². The molecule has 2 aromatic rings. The van der Waals surface area contributed by atoms with Crippen LogP contribution in [0.2, 0.25) is 0 Å². The van der Waals surface area contributed by atoms with E-state index in [-0.39, 0.29) is 11.8 Å². The molecular formula is C20H28N3O2S+. The molecule has 0 saturated heterocycles. The summed E-state index contributed by atoms with van der Waals surface area (Å²) in [6.07, 6.45) is 0. The Morgan fingerprint density at radius 1 is 1.12 bits per heavy atom. The highest BCUT2D eigenvalue weighted by molar-refractivity contribution is 7.09. The minimum Gasteiger partial charge on any atom is -0.339 e. The third kappa shape index (κ3) is 5.68. The molecule has 1 aromatic carbocycles. The zero-order valence-electron chi connectivity index (χ0n) is 15.7. The number of benzene rings is 1. The molecule has 1 aromatic heterocycles. The molecule has 2 amide bonds.